The van der Waals surface area contributed by atoms with Crippen LogP contribution in [0.3, 0.4) is 0 Å². The Morgan fingerprint density at radius 2 is 1.84 bits per heavy atom. The van der Waals surface area contributed by atoms with Crippen molar-refractivity contribution in [2.24, 2.45) is 0 Å². The molecule has 2 aromatic rings. The maximum atomic E-state index is 13.3. The van der Waals surface area contributed by atoms with Gasteiger partial charge in [-0.15, -0.1) is 0 Å². The van der Waals surface area contributed by atoms with Crippen LogP contribution in [0.15, 0.2) is 48.5 Å². The summed E-state index contributed by atoms with van der Waals surface area (Å²) >= 11 is 0. The van der Waals surface area contributed by atoms with Gasteiger partial charge >= 0.3 is 0 Å². The molecule has 0 bridgehead atoms. The molecule has 1 fully saturated rings. The number of rotatable bonds is 2. The van der Waals surface area contributed by atoms with Gasteiger partial charge in [0.25, 0.3) is 11.9 Å². The molecule has 0 aliphatic carbocycles. The van der Waals surface area contributed by atoms with Crippen molar-refractivity contribution in [2.75, 3.05) is 5.32 Å². The smallest absolute Gasteiger partial charge is 0.256 e. The number of amides is 1. The molecule has 0 radical (unpaired) electrons. The quantitative estimate of drug-likeness (QED) is 0.649. The number of halogens is 1. The third-order valence-electron chi connectivity index (χ3n) is 5.22. The van der Waals surface area contributed by atoms with E-state index in [9.17, 15) is 19.3 Å². The van der Waals surface area contributed by atoms with Gasteiger partial charge in [-0.1, -0.05) is 30.3 Å². The molecule has 2 N–H and O–H groups in total. The number of nitrogens with zero attached hydrogens (tertiary/aromatic N) is 1. The summed E-state index contributed by atoms with van der Waals surface area (Å²) in [6, 6.07) is 11.1. The molecular formula is C18H16FN3O3. The number of para-hydroxylation sites is 1. The second-order valence-corrected chi connectivity index (χ2v) is 6.55. The van der Waals surface area contributed by atoms with Crippen molar-refractivity contribution in [3.8, 4) is 0 Å². The fourth-order valence-corrected chi connectivity index (χ4v) is 4.24. The Bertz CT molecular complexity index is 870. The van der Waals surface area contributed by atoms with Crippen LogP contribution in [0, 0.1) is 15.9 Å². The number of hydrogen-bond acceptors (Lipinski definition) is 4. The van der Waals surface area contributed by atoms with Crippen molar-refractivity contribution in [2.45, 2.75) is 30.5 Å². The Morgan fingerprint density at radius 1 is 1.16 bits per heavy atom. The highest BCUT2D eigenvalue weighted by molar-refractivity contribution is 6.07. The Balaban J connectivity index is 1.89. The molecule has 2 aliphatic rings. The Morgan fingerprint density at radius 3 is 2.52 bits per heavy atom. The van der Waals surface area contributed by atoms with Gasteiger partial charge in [0, 0.05) is 22.2 Å². The van der Waals surface area contributed by atoms with Crippen molar-refractivity contribution in [1.29, 1.82) is 0 Å². The monoisotopic (exact) mass is 341 g/mol. The molecule has 2 heterocycles. The average molecular weight is 341 g/mol. The van der Waals surface area contributed by atoms with E-state index in [4.69, 9.17) is 0 Å². The number of fused-ring (bicyclic) bond motifs is 2. The summed E-state index contributed by atoms with van der Waals surface area (Å²) in [7, 11) is 0. The minimum atomic E-state index is -1.43. The van der Waals surface area contributed by atoms with E-state index < -0.39 is 34.1 Å². The first-order chi connectivity index (χ1) is 11.9. The van der Waals surface area contributed by atoms with Crippen molar-refractivity contribution in [3.05, 3.63) is 75.6 Å². The molecule has 2 aromatic carbocycles. The number of hydrogen-bond donors (Lipinski definition) is 2. The van der Waals surface area contributed by atoms with E-state index in [-0.39, 0.29) is 6.04 Å². The van der Waals surface area contributed by atoms with Gasteiger partial charge in [0.2, 0.25) is 0 Å². The van der Waals surface area contributed by atoms with Gasteiger partial charge in [0.1, 0.15) is 5.82 Å². The molecule has 0 unspecified atom stereocenters. The summed E-state index contributed by atoms with van der Waals surface area (Å²) < 4.78 is 13.3. The SMILES string of the molecule is C[C@@H]1N[C@]2(C(=O)Nc3ccccc32)[C@@H]([N+](=O)[O-])[C@@H]1c1ccc(F)cc1. The lowest BCUT2D eigenvalue weighted by atomic mass is 9.78. The van der Waals surface area contributed by atoms with E-state index in [1.807, 2.05) is 6.92 Å². The normalized spacial score (nSPS) is 30.3. The van der Waals surface area contributed by atoms with Crippen molar-refractivity contribution < 1.29 is 14.1 Å². The van der Waals surface area contributed by atoms with Gasteiger partial charge in [-0.3, -0.25) is 20.2 Å². The van der Waals surface area contributed by atoms with E-state index >= 15 is 0 Å². The number of benzene rings is 2. The lowest BCUT2D eigenvalue weighted by molar-refractivity contribution is -0.532. The van der Waals surface area contributed by atoms with E-state index in [1.165, 1.54) is 12.1 Å². The zero-order chi connectivity index (χ0) is 17.8. The zero-order valence-corrected chi connectivity index (χ0v) is 13.4. The van der Waals surface area contributed by atoms with Crippen LogP contribution in [0.2, 0.25) is 0 Å². The minimum absolute atomic E-state index is 0.335. The largest absolute Gasteiger partial charge is 0.324 e. The van der Waals surface area contributed by atoms with Crippen LogP contribution in [0.4, 0.5) is 10.1 Å². The summed E-state index contributed by atoms with van der Waals surface area (Å²) in [6.07, 6.45) is 0. The lowest BCUT2D eigenvalue weighted by Crippen LogP contribution is -2.54. The van der Waals surface area contributed by atoms with E-state index in [1.54, 1.807) is 36.4 Å². The van der Waals surface area contributed by atoms with Crippen molar-refractivity contribution >= 4 is 11.6 Å². The summed E-state index contributed by atoms with van der Waals surface area (Å²) in [5.74, 6) is -1.39. The number of carbonyl (C=O) groups excluding carboxylic acids is 1. The molecule has 25 heavy (non-hydrogen) atoms. The van der Waals surface area contributed by atoms with Crippen LogP contribution in [0.1, 0.15) is 24.0 Å². The second kappa shape index (κ2) is 5.35. The maximum absolute atomic E-state index is 13.3. The second-order valence-electron chi connectivity index (χ2n) is 6.55. The molecule has 1 spiro atoms. The minimum Gasteiger partial charge on any atom is -0.324 e. The van der Waals surface area contributed by atoms with Gasteiger partial charge in [-0.25, -0.2) is 4.39 Å². The molecule has 128 valence electrons. The Hall–Kier alpha value is -2.80. The molecular weight excluding hydrogens is 325 g/mol. The highest BCUT2D eigenvalue weighted by atomic mass is 19.1. The fourth-order valence-electron chi connectivity index (χ4n) is 4.24. The number of anilines is 1. The lowest BCUT2D eigenvalue weighted by Gasteiger charge is -2.25. The number of nitro groups is 1. The molecule has 6 nitrogen and oxygen atoms in total. The average Bonchev–Trinajstić information content (AvgIpc) is 3.04. The molecule has 2 aliphatic heterocycles. The van der Waals surface area contributed by atoms with E-state index in [2.05, 4.69) is 10.6 Å². The van der Waals surface area contributed by atoms with E-state index in [0.717, 1.165) is 0 Å². The zero-order valence-electron chi connectivity index (χ0n) is 13.4. The van der Waals surface area contributed by atoms with Crippen LogP contribution < -0.4 is 10.6 Å². The first-order valence-corrected chi connectivity index (χ1v) is 8.03. The molecule has 4 atom stereocenters. The van der Waals surface area contributed by atoms with Crippen LogP contribution in [-0.4, -0.2) is 22.9 Å². The first kappa shape index (κ1) is 15.7. The topological polar surface area (TPSA) is 84.3 Å². The van der Waals surface area contributed by atoms with Crippen LogP contribution in [0.5, 0.6) is 0 Å². The summed E-state index contributed by atoms with van der Waals surface area (Å²) in [5, 5.41) is 18.0. The predicted molar refractivity (Wildman–Crippen MR) is 89.3 cm³/mol. The van der Waals surface area contributed by atoms with Crippen LogP contribution >= 0.6 is 0 Å². The number of nitrogens with one attached hydrogen (secondary N) is 2. The van der Waals surface area contributed by atoms with Crippen molar-refractivity contribution in [1.82, 2.24) is 5.32 Å². The highest BCUT2D eigenvalue weighted by Crippen LogP contribution is 2.49. The Kier molecular flexibility index (Phi) is 3.36. The highest BCUT2D eigenvalue weighted by Gasteiger charge is 2.67. The molecule has 4 rings (SSSR count). The summed E-state index contributed by atoms with van der Waals surface area (Å²) in [6.45, 7) is 1.81. The van der Waals surface area contributed by atoms with E-state index in [0.29, 0.717) is 16.8 Å². The molecule has 0 saturated carbocycles. The maximum Gasteiger partial charge on any atom is 0.256 e. The van der Waals surface area contributed by atoms with Crippen LogP contribution in [0.25, 0.3) is 0 Å². The van der Waals surface area contributed by atoms with Gasteiger partial charge in [0.15, 0.2) is 5.54 Å². The third-order valence-corrected chi connectivity index (χ3v) is 5.22. The van der Waals surface area contributed by atoms with Crippen LogP contribution in [-0.2, 0) is 10.3 Å². The van der Waals surface area contributed by atoms with Gasteiger partial charge < -0.3 is 5.32 Å². The molecule has 1 saturated heterocycles. The third kappa shape index (κ3) is 2.09. The molecule has 0 aromatic heterocycles. The number of carbonyl (C=O) groups is 1. The van der Waals surface area contributed by atoms with Gasteiger partial charge in [-0.2, -0.15) is 0 Å². The fraction of sp³-hybridized carbons (Fsp3) is 0.278. The standard InChI is InChI=1S/C18H16FN3O3/c1-10-15(11-6-8-12(19)9-7-11)16(22(24)25)18(21-10)13-4-2-3-5-14(13)20-17(18)23/h2-10,15-16,21H,1H3,(H,20,23)/t10-,15-,16-,18-/m0/s1. The van der Waals surface area contributed by atoms with Crippen molar-refractivity contribution in [3.63, 3.8) is 0 Å². The predicted octanol–water partition coefficient (Wildman–Crippen LogP) is 2.39. The summed E-state index contributed by atoms with van der Waals surface area (Å²) in [5.41, 5.74) is 0.368. The molecule has 1 amide bonds. The van der Waals surface area contributed by atoms with Gasteiger partial charge in [0.05, 0.1) is 5.92 Å². The molecule has 7 heteroatoms. The first-order valence-electron chi connectivity index (χ1n) is 8.03. The Labute approximate surface area is 143 Å². The van der Waals surface area contributed by atoms with Gasteiger partial charge in [-0.05, 0) is 30.7 Å². The summed E-state index contributed by atoms with van der Waals surface area (Å²) in [4.78, 5) is 24.4.